The second-order valence-corrected chi connectivity index (χ2v) is 5.24. The third-order valence-corrected chi connectivity index (χ3v) is 3.70. The molecule has 0 bridgehead atoms. The van der Waals surface area contributed by atoms with Crippen LogP contribution >= 0.6 is 0 Å². The lowest BCUT2D eigenvalue weighted by atomic mass is 10.0. The zero-order chi connectivity index (χ0) is 13.9. The minimum absolute atomic E-state index is 0.471. The van der Waals surface area contributed by atoms with Crippen LogP contribution in [0, 0.1) is 0 Å². The highest BCUT2D eigenvalue weighted by Crippen LogP contribution is 2.20. The zero-order valence-corrected chi connectivity index (χ0v) is 13.0. The third-order valence-electron chi connectivity index (χ3n) is 3.70. The van der Waals surface area contributed by atoms with Crippen molar-refractivity contribution in [3.05, 3.63) is 18.0 Å². The van der Waals surface area contributed by atoms with E-state index in [1.165, 1.54) is 50.6 Å². The molecule has 1 N–H and O–H groups in total. The van der Waals surface area contributed by atoms with Crippen molar-refractivity contribution < 1.29 is 0 Å². The van der Waals surface area contributed by atoms with Crippen LogP contribution in [0.1, 0.15) is 77.5 Å². The van der Waals surface area contributed by atoms with Gasteiger partial charge in [-0.05, 0) is 26.0 Å². The Kier molecular flexibility index (Phi) is 8.55. The van der Waals surface area contributed by atoms with Gasteiger partial charge in [-0.3, -0.25) is 4.68 Å². The molecular formula is C16H31N3. The average molecular weight is 265 g/mol. The molecule has 0 saturated carbocycles. The Hall–Kier alpha value is -0.830. The topological polar surface area (TPSA) is 29.9 Å². The molecule has 3 heteroatoms. The van der Waals surface area contributed by atoms with E-state index in [0.717, 1.165) is 13.1 Å². The molecule has 1 heterocycles. The molecule has 0 spiro atoms. The standard InChI is InChI=1S/C16H31N3/c1-4-7-8-9-10-11-12-15(17-5-2)16-13-14-18-19(16)6-3/h13-15,17H,4-12H2,1-3H3. The molecule has 110 valence electrons. The molecule has 1 unspecified atom stereocenters. The fraction of sp³-hybridized carbons (Fsp3) is 0.812. The van der Waals surface area contributed by atoms with Gasteiger partial charge in [-0.2, -0.15) is 5.10 Å². The number of aryl methyl sites for hydroxylation is 1. The van der Waals surface area contributed by atoms with Gasteiger partial charge >= 0.3 is 0 Å². The van der Waals surface area contributed by atoms with Gasteiger partial charge in [0.1, 0.15) is 0 Å². The van der Waals surface area contributed by atoms with Gasteiger partial charge in [-0.15, -0.1) is 0 Å². The summed E-state index contributed by atoms with van der Waals surface area (Å²) < 4.78 is 2.12. The van der Waals surface area contributed by atoms with Gasteiger partial charge in [0.2, 0.25) is 0 Å². The Balaban J connectivity index is 2.36. The number of unbranched alkanes of at least 4 members (excludes halogenated alkanes) is 5. The summed E-state index contributed by atoms with van der Waals surface area (Å²) in [6.07, 6.45) is 11.3. The summed E-state index contributed by atoms with van der Waals surface area (Å²) in [5.41, 5.74) is 1.35. The zero-order valence-electron chi connectivity index (χ0n) is 13.0. The first-order valence-electron chi connectivity index (χ1n) is 8.08. The van der Waals surface area contributed by atoms with Crippen LogP contribution in [0.5, 0.6) is 0 Å². The molecule has 0 saturated heterocycles. The number of nitrogens with one attached hydrogen (secondary N) is 1. The van der Waals surface area contributed by atoms with Gasteiger partial charge in [0.05, 0.1) is 5.69 Å². The van der Waals surface area contributed by atoms with E-state index in [-0.39, 0.29) is 0 Å². The van der Waals surface area contributed by atoms with Crippen molar-refractivity contribution in [2.45, 2.75) is 78.3 Å². The summed E-state index contributed by atoms with van der Waals surface area (Å²) in [4.78, 5) is 0. The van der Waals surface area contributed by atoms with E-state index in [2.05, 4.69) is 41.9 Å². The lowest BCUT2D eigenvalue weighted by Crippen LogP contribution is -2.23. The van der Waals surface area contributed by atoms with E-state index >= 15 is 0 Å². The first kappa shape index (κ1) is 16.2. The second kappa shape index (κ2) is 10.0. The molecule has 1 atom stereocenters. The molecule has 1 aromatic heterocycles. The summed E-state index contributed by atoms with van der Waals surface area (Å²) in [5.74, 6) is 0. The number of aromatic nitrogens is 2. The normalized spacial score (nSPS) is 12.8. The Morgan fingerprint density at radius 2 is 1.84 bits per heavy atom. The van der Waals surface area contributed by atoms with Gasteiger partial charge in [-0.25, -0.2) is 0 Å². The predicted octanol–water partition coefficient (Wildman–Crippen LogP) is 4.30. The highest BCUT2D eigenvalue weighted by Gasteiger charge is 2.13. The van der Waals surface area contributed by atoms with Crippen molar-refractivity contribution in [2.75, 3.05) is 6.54 Å². The number of hydrogen-bond donors (Lipinski definition) is 1. The number of hydrogen-bond acceptors (Lipinski definition) is 2. The van der Waals surface area contributed by atoms with Crippen LogP contribution in [0.2, 0.25) is 0 Å². The minimum atomic E-state index is 0.471. The summed E-state index contributed by atoms with van der Waals surface area (Å²) >= 11 is 0. The summed E-state index contributed by atoms with van der Waals surface area (Å²) in [5, 5.41) is 7.98. The molecule has 3 nitrogen and oxygen atoms in total. The molecular weight excluding hydrogens is 234 g/mol. The fourth-order valence-corrected chi connectivity index (χ4v) is 2.63. The van der Waals surface area contributed by atoms with Crippen LogP contribution < -0.4 is 5.32 Å². The molecule has 0 aliphatic rings. The van der Waals surface area contributed by atoms with E-state index in [9.17, 15) is 0 Å². The smallest absolute Gasteiger partial charge is 0.0553 e. The number of rotatable bonds is 11. The molecule has 0 fully saturated rings. The first-order chi connectivity index (χ1) is 9.33. The molecule has 0 aliphatic carbocycles. The Morgan fingerprint density at radius 1 is 1.11 bits per heavy atom. The van der Waals surface area contributed by atoms with Gasteiger partial charge in [0, 0.05) is 18.8 Å². The van der Waals surface area contributed by atoms with Crippen molar-refractivity contribution >= 4 is 0 Å². The van der Waals surface area contributed by atoms with Crippen LogP contribution in [0.15, 0.2) is 12.3 Å². The fourth-order valence-electron chi connectivity index (χ4n) is 2.63. The Bertz CT molecular complexity index is 320. The van der Waals surface area contributed by atoms with Crippen LogP contribution in [0.25, 0.3) is 0 Å². The summed E-state index contributed by atoms with van der Waals surface area (Å²) in [6.45, 7) is 8.59. The van der Waals surface area contributed by atoms with Crippen molar-refractivity contribution in [1.29, 1.82) is 0 Å². The lowest BCUT2D eigenvalue weighted by molar-refractivity contribution is 0.443. The molecule has 1 aromatic rings. The quantitative estimate of drug-likeness (QED) is 0.604. The minimum Gasteiger partial charge on any atom is -0.309 e. The number of nitrogens with zero attached hydrogens (tertiary/aromatic N) is 2. The lowest BCUT2D eigenvalue weighted by Gasteiger charge is -2.19. The molecule has 0 aromatic carbocycles. The van der Waals surface area contributed by atoms with Crippen LogP contribution in [0.4, 0.5) is 0 Å². The molecule has 1 rings (SSSR count). The summed E-state index contributed by atoms with van der Waals surface area (Å²) in [7, 11) is 0. The van der Waals surface area contributed by atoms with Crippen molar-refractivity contribution in [1.82, 2.24) is 15.1 Å². The highest BCUT2D eigenvalue weighted by molar-refractivity contribution is 5.06. The van der Waals surface area contributed by atoms with Gasteiger partial charge < -0.3 is 5.32 Å². The molecule has 0 aliphatic heterocycles. The van der Waals surface area contributed by atoms with Crippen LogP contribution in [0.3, 0.4) is 0 Å². The van der Waals surface area contributed by atoms with Gasteiger partial charge in [0.25, 0.3) is 0 Å². The van der Waals surface area contributed by atoms with Crippen molar-refractivity contribution in [2.24, 2.45) is 0 Å². The molecule has 0 amide bonds. The highest BCUT2D eigenvalue weighted by atomic mass is 15.3. The van der Waals surface area contributed by atoms with Crippen LogP contribution in [-0.4, -0.2) is 16.3 Å². The average Bonchev–Trinajstić information content (AvgIpc) is 2.89. The largest absolute Gasteiger partial charge is 0.309 e. The van der Waals surface area contributed by atoms with Gasteiger partial charge in [0.15, 0.2) is 0 Å². The Morgan fingerprint density at radius 3 is 2.53 bits per heavy atom. The maximum atomic E-state index is 4.38. The van der Waals surface area contributed by atoms with E-state index in [4.69, 9.17) is 0 Å². The SMILES string of the molecule is CCCCCCCCC(NCC)c1ccnn1CC. The Labute approximate surface area is 118 Å². The maximum Gasteiger partial charge on any atom is 0.0553 e. The van der Waals surface area contributed by atoms with Crippen LogP contribution in [-0.2, 0) is 6.54 Å². The first-order valence-corrected chi connectivity index (χ1v) is 8.08. The second-order valence-electron chi connectivity index (χ2n) is 5.24. The van der Waals surface area contributed by atoms with E-state index in [0.29, 0.717) is 6.04 Å². The van der Waals surface area contributed by atoms with Crippen molar-refractivity contribution in [3.8, 4) is 0 Å². The third kappa shape index (κ3) is 5.77. The monoisotopic (exact) mass is 265 g/mol. The van der Waals surface area contributed by atoms with E-state index < -0.39 is 0 Å². The predicted molar refractivity (Wildman–Crippen MR) is 82.3 cm³/mol. The van der Waals surface area contributed by atoms with E-state index in [1.54, 1.807) is 0 Å². The summed E-state index contributed by atoms with van der Waals surface area (Å²) in [6, 6.07) is 2.63. The van der Waals surface area contributed by atoms with Crippen molar-refractivity contribution in [3.63, 3.8) is 0 Å². The van der Waals surface area contributed by atoms with Gasteiger partial charge in [-0.1, -0.05) is 52.4 Å². The van der Waals surface area contributed by atoms with E-state index in [1.807, 2.05) is 6.20 Å². The molecule has 0 radical (unpaired) electrons. The molecule has 19 heavy (non-hydrogen) atoms. The maximum absolute atomic E-state index is 4.38.